The van der Waals surface area contributed by atoms with E-state index >= 15 is 0 Å². The van der Waals surface area contributed by atoms with E-state index in [1.807, 2.05) is 0 Å². The lowest BCUT2D eigenvalue weighted by atomic mass is 10.2. The van der Waals surface area contributed by atoms with Crippen molar-refractivity contribution in [1.29, 1.82) is 0 Å². The van der Waals surface area contributed by atoms with Crippen molar-refractivity contribution < 1.29 is 4.39 Å². The van der Waals surface area contributed by atoms with Crippen LogP contribution in [0.1, 0.15) is 5.56 Å². The molecule has 1 N–H and O–H groups in total. The SMILES string of the molecule is O=c1c2n[nH]c(=O)n2ccn1Cc1ccc(F)cc1. The molecule has 96 valence electrons. The Hall–Kier alpha value is -2.70. The summed E-state index contributed by atoms with van der Waals surface area (Å²) in [7, 11) is 0. The van der Waals surface area contributed by atoms with Crippen LogP contribution < -0.4 is 11.2 Å². The third-order valence-electron chi connectivity index (χ3n) is 2.82. The second-order valence-electron chi connectivity index (χ2n) is 4.08. The van der Waals surface area contributed by atoms with Crippen molar-refractivity contribution in [1.82, 2.24) is 19.2 Å². The third kappa shape index (κ3) is 1.95. The van der Waals surface area contributed by atoms with Crippen molar-refractivity contribution in [2.45, 2.75) is 6.54 Å². The fourth-order valence-electron chi connectivity index (χ4n) is 1.85. The molecule has 3 aromatic rings. The van der Waals surface area contributed by atoms with Gasteiger partial charge in [-0.3, -0.25) is 4.79 Å². The summed E-state index contributed by atoms with van der Waals surface area (Å²) >= 11 is 0. The molecule has 0 fully saturated rings. The topological polar surface area (TPSA) is 72.2 Å². The van der Waals surface area contributed by atoms with Gasteiger partial charge in [0.2, 0.25) is 5.65 Å². The monoisotopic (exact) mass is 260 g/mol. The summed E-state index contributed by atoms with van der Waals surface area (Å²) in [5.41, 5.74) is -0.0217. The Labute approximate surface area is 105 Å². The molecule has 0 atom stereocenters. The second-order valence-corrected chi connectivity index (χ2v) is 4.08. The van der Waals surface area contributed by atoms with E-state index in [1.54, 1.807) is 12.1 Å². The second kappa shape index (κ2) is 4.20. The maximum atomic E-state index is 12.8. The summed E-state index contributed by atoms with van der Waals surface area (Å²) in [6, 6.07) is 5.86. The third-order valence-corrected chi connectivity index (χ3v) is 2.82. The van der Waals surface area contributed by atoms with Crippen LogP contribution in [0.5, 0.6) is 0 Å². The number of rotatable bonds is 2. The van der Waals surface area contributed by atoms with Gasteiger partial charge in [-0.2, -0.15) is 0 Å². The van der Waals surface area contributed by atoms with Crippen molar-refractivity contribution in [2.75, 3.05) is 0 Å². The number of halogens is 1. The highest BCUT2D eigenvalue weighted by atomic mass is 19.1. The van der Waals surface area contributed by atoms with Crippen molar-refractivity contribution in [2.24, 2.45) is 0 Å². The van der Waals surface area contributed by atoms with E-state index in [1.165, 1.54) is 29.1 Å². The summed E-state index contributed by atoms with van der Waals surface area (Å²) in [4.78, 5) is 23.4. The minimum Gasteiger partial charge on any atom is -0.306 e. The molecule has 19 heavy (non-hydrogen) atoms. The molecule has 0 spiro atoms. The van der Waals surface area contributed by atoms with Gasteiger partial charge in [-0.05, 0) is 17.7 Å². The molecular formula is C12H9FN4O2. The van der Waals surface area contributed by atoms with E-state index in [-0.39, 0.29) is 23.6 Å². The van der Waals surface area contributed by atoms with E-state index in [0.717, 1.165) is 9.96 Å². The van der Waals surface area contributed by atoms with E-state index in [9.17, 15) is 14.0 Å². The van der Waals surface area contributed by atoms with E-state index in [4.69, 9.17) is 0 Å². The number of benzene rings is 1. The molecule has 6 nitrogen and oxygen atoms in total. The van der Waals surface area contributed by atoms with Gasteiger partial charge < -0.3 is 4.57 Å². The summed E-state index contributed by atoms with van der Waals surface area (Å²) < 4.78 is 15.3. The molecule has 0 saturated heterocycles. The fourth-order valence-corrected chi connectivity index (χ4v) is 1.85. The molecule has 2 aromatic heterocycles. The molecule has 0 aliphatic heterocycles. The number of aromatic nitrogens is 4. The van der Waals surface area contributed by atoms with Gasteiger partial charge in [-0.15, -0.1) is 5.10 Å². The molecule has 0 aliphatic rings. The number of hydrogen-bond donors (Lipinski definition) is 1. The van der Waals surface area contributed by atoms with Gasteiger partial charge in [0.1, 0.15) is 5.82 Å². The van der Waals surface area contributed by atoms with Crippen LogP contribution in [-0.4, -0.2) is 19.2 Å². The van der Waals surface area contributed by atoms with Crippen LogP contribution >= 0.6 is 0 Å². The molecule has 0 aliphatic carbocycles. The van der Waals surface area contributed by atoms with Crippen LogP contribution in [0.15, 0.2) is 46.2 Å². The summed E-state index contributed by atoms with van der Waals surface area (Å²) in [6.07, 6.45) is 2.96. The van der Waals surface area contributed by atoms with E-state index in [0.29, 0.717) is 0 Å². The largest absolute Gasteiger partial charge is 0.347 e. The first kappa shape index (κ1) is 11.4. The maximum Gasteiger partial charge on any atom is 0.347 e. The fraction of sp³-hybridized carbons (Fsp3) is 0.0833. The van der Waals surface area contributed by atoms with Crippen LogP contribution in [0.2, 0.25) is 0 Å². The Bertz CT molecular complexity index is 845. The first-order valence-corrected chi connectivity index (χ1v) is 5.56. The van der Waals surface area contributed by atoms with Crippen molar-refractivity contribution >= 4 is 5.65 Å². The maximum absolute atomic E-state index is 12.8. The molecule has 1 aromatic carbocycles. The van der Waals surface area contributed by atoms with Gasteiger partial charge in [0.25, 0.3) is 5.56 Å². The Kier molecular flexibility index (Phi) is 2.52. The smallest absolute Gasteiger partial charge is 0.306 e. The first-order chi connectivity index (χ1) is 9.15. The zero-order chi connectivity index (χ0) is 13.4. The first-order valence-electron chi connectivity index (χ1n) is 5.56. The molecule has 3 rings (SSSR count). The van der Waals surface area contributed by atoms with E-state index in [2.05, 4.69) is 10.2 Å². The van der Waals surface area contributed by atoms with Crippen LogP contribution in [0.4, 0.5) is 4.39 Å². The predicted molar refractivity (Wildman–Crippen MR) is 65.6 cm³/mol. The average Bonchev–Trinajstić information content (AvgIpc) is 2.78. The molecule has 2 heterocycles. The van der Waals surface area contributed by atoms with Gasteiger partial charge in [0.15, 0.2) is 0 Å². The average molecular weight is 260 g/mol. The van der Waals surface area contributed by atoms with Crippen LogP contribution in [-0.2, 0) is 6.54 Å². The molecule has 7 heteroatoms. The molecule has 0 bridgehead atoms. The zero-order valence-electron chi connectivity index (χ0n) is 9.71. The highest BCUT2D eigenvalue weighted by molar-refractivity contribution is 5.33. The normalized spacial score (nSPS) is 11.0. The van der Waals surface area contributed by atoms with Gasteiger partial charge in [-0.1, -0.05) is 12.1 Å². The molecule has 0 amide bonds. The lowest BCUT2D eigenvalue weighted by Crippen LogP contribution is -2.24. The summed E-state index contributed by atoms with van der Waals surface area (Å²) in [6.45, 7) is 0.288. The predicted octanol–water partition coefficient (Wildman–Crippen LogP) is 0.372. The van der Waals surface area contributed by atoms with Crippen molar-refractivity contribution in [3.63, 3.8) is 0 Å². The van der Waals surface area contributed by atoms with Gasteiger partial charge in [0, 0.05) is 12.4 Å². The highest BCUT2D eigenvalue weighted by Gasteiger charge is 2.07. The number of fused-ring (bicyclic) bond motifs is 1. The Morgan fingerprint density at radius 1 is 1.16 bits per heavy atom. The highest BCUT2D eigenvalue weighted by Crippen LogP contribution is 2.04. The van der Waals surface area contributed by atoms with Crippen LogP contribution in [0, 0.1) is 5.82 Å². The van der Waals surface area contributed by atoms with Crippen LogP contribution in [0.25, 0.3) is 5.65 Å². The van der Waals surface area contributed by atoms with Crippen molar-refractivity contribution in [3.05, 3.63) is 68.9 Å². The Morgan fingerprint density at radius 2 is 1.89 bits per heavy atom. The minimum absolute atomic E-state index is 0.0367. The van der Waals surface area contributed by atoms with E-state index < -0.39 is 5.69 Å². The van der Waals surface area contributed by atoms with Crippen molar-refractivity contribution in [3.8, 4) is 0 Å². The summed E-state index contributed by atoms with van der Waals surface area (Å²) in [5.74, 6) is -0.328. The number of hydrogen-bond acceptors (Lipinski definition) is 3. The van der Waals surface area contributed by atoms with Gasteiger partial charge in [0.05, 0.1) is 6.54 Å². The molecule has 0 saturated carbocycles. The lowest BCUT2D eigenvalue weighted by Gasteiger charge is -2.05. The standard InChI is InChI=1S/C12H9FN4O2/c13-9-3-1-8(2-4-9)7-16-5-6-17-10(11(16)18)14-15-12(17)19/h1-6H,7H2,(H,15,19). The molecular weight excluding hydrogens is 251 g/mol. The minimum atomic E-state index is -0.457. The Morgan fingerprint density at radius 3 is 2.63 bits per heavy atom. The molecule has 0 unspecified atom stereocenters. The lowest BCUT2D eigenvalue weighted by molar-refractivity contribution is 0.626. The van der Waals surface area contributed by atoms with Gasteiger partial charge in [-0.25, -0.2) is 18.7 Å². The number of aromatic amines is 1. The zero-order valence-corrected chi connectivity index (χ0v) is 9.71. The molecule has 0 radical (unpaired) electrons. The van der Waals surface area contributed by atoms with Gasteiger partial charge >= 0.3 is 5.69 Å². The number of H-pyrrole nitrogens is 1. The summed E-state index contributed by atoms with van der Waals surface area (Å²) in [5, 5.41) is 5.88. The van der Waals surface area contributed by atoms with Crippen LogP contribution in [0.3, 0.4) is 0 Å². The number of nitrogens with zero attached hydrogens (tertiary/aromatic N) is 3. The quantitative estimate of drug-likeness (QED) is 0.723. The Balaban J connectivity index is 2.06. The number of nitrogens with one attached hydrogen (secondary N) is 1.